The van der Waals surface area contributed by atoms with Gasteiger partial charge in [0, 0.05) is 18.2 Å². The van der Waals surface area contributed by atoms with E-state index in [-0.39, 0.29) is 24.7 Å². The van der Waals surface area contributed by atoms with E-state index in [2.05, 4.69) is 22.4 Å². The molecule has 0 bridgehead atoms. The maximum Gasteiger partial charge on any atom is 0.305 e. The Bertz CT molecular complexity index is 858. The summed E-state index contributed by atoms with van der Waals surface area (Å²) in [4.78, 5) is 15.4. The Morgan fingerprint density at radius 3 is 2.90 bits per heavy atom. The molecule has 0 radical (unpaired) electrons. The number of ether oxygens (including phenoxy) is 3. The van der Waals surface area contributed by atoms with E-state index in [0.29, 0.717) is 6.42 Å². The third-order valence-corrected chi connectivity index (χ3v) is 4.77. The summed E-state index contributed by atoms with van der Waals surface area (Å²) in [7, 11) is 0. The summed E-state index contributed by atoms with van der Waals surface area (Å²) in [5.74, 6) is -0.281. The first-order valence-corrected chi connectivity index (χ1v) is 10.2. The zero-order chi connectivity index (χ0) is 21.2. The van der Waals surface area contributed by atoms with Crippen molar-refractivity contribution in [3.05, 3.63) is 53.6 Å². The van der Waals surface area contributed by atoms with Crippen molar-refractivity contribution in [2.45, 2.75) is 44.7 Å². The maximum atomic E-state index is 11.9. The van der Waals surface area contributed by atoms with Crippen LogP contribution in [0.3, 0.4) is 0 Å². The lowest BCUT2D eigenvalue weighted by atomic mass is 10.2. The van der Waals surface area contributed by atoms with Gasteiger partial charge in [-0.2, -0.15) is 0 Å². The molecule has 1 aromatic heterocycles. The summed E-state index contributed by atoms with van der Waals surface area (Å²) < 4.78 is 17.5. The Kier molecular flexibility index (Phi) is 8.37. The average molecular weight is 416 g/mol. The van der Waals surface area contributed by atoms with E-state index in [4.69, 9.17) is 19.6 Å². The molecule has 3 rings (SSSR count). The molecule has 0 amide bonds. The van der Waals surface area contributed by atoms with Crippen molar-refractivity contribution >= 4 is 5.97 Å². The molecule has 0 spiro atoms. The number of rotatable bonds is 11. The van der Waals surface area contributed by atoms with E-state index in [1.165, 1.54) is 22.4 Å². The first-order valence-electron chi connectivity index (χ1n) is 10.2. The number of carbonyl (C=O) groups excluding carboxylic acids is 1. The SMILES string of the molecule is N=c1ccn([C@@H]2CO[C@H](COC(=O)CCCCC[NH2+]Cc3ccccc3)O2)c([O-])n1. The van der Waals surface area contributed by atoms with Crippen LogP contribution in [0.5, 0.6) is 6.01 Å². The largest absolute Gasteiger partial charge is 0.846 e. The zero-order valence-electron chi connectivity index (χ0n) is 16.9. The van der Waals surface area contributed by atoms with Crippen molar-refractivity contribution in [3.63, 3.8) is 0 Å². The van der Waals surface area contributed by atoms with E-state index in [1.807, 2.05) is 18.2 Å². The van der Waals surface area contributed by atoms with E-state index in [1.54, 1.807) is 0 Å². The van der Waals surface area contributed by atoms with E-state index in [9.17, 15) is 9.90 Å². The summed E-state index contributed by atoms with van der Waals surface area (Å²) in [6, 6.07) is 11.2. The lowest BCUT2D eigenvalue weighted by Crippen LogP contribution is -2.82. The van der Waals surface area contributed by atoms with Gasteiger partial charge in [0.25, 0.3) is 0 Å². The van der Waals surface area contributed by atoms with Gasteiger partial charge in [0.05, 0.1) is 19.2 Å². The van der Waals surface area contributed by atoms with E-state index < -0.39 is 18.5 Å². The van der Waals surface area contributed by atoms with Crippen molar-refractivity contribution in [2.24, 2.45) is 0 Å². The highest BCUT2D eigenvalue weighted by molar-refractivity contribution is 5.69. The average Bonchev–Trinajstić information content (AvgIpc) is 3.21. The molecule has 1 fully saturated rings. The number of aromatic nitrogens is 2. The van der Waals surface area contributed by atoms with Gasteiger partial charge in [0.1, 0.15) is 18.6 Å². The number of quaternary nitrogens is 1. The Morgan fingerprint density at radius 1 is 1.27 bits per heavy atom. The Morgan fingerprint density at radius 2 is 2.10 bits per heavy atom. The molecule has 1 saturated heterocycles. The molecular formula is C21H28N4O5. The minimum Gasteiger partial charge on any atom is -0.846 e. The molecule has 0 unspecified atom stereocenters. The van der Waals surface area contributed by atoms with Crippen LogP contribution in [0.2, 0.25) is 0 Å². The molecule has 0 saturated carbocycles. The van der Waals surface area contributed by atoms with Crippen LogP contribution in [0.15, 0.2) is 42.6 Å². The van der Waals surface area contributed by atoms with Crippen molar-refractivity contribution in [3.8, 4) is 6.01 Å². The van der Waals surface area contributed by atoms with Gasteiger partial charge in [0.2, 0.25) is 0 Å². The quantitative estimate of drug-likeness (QED) is 0.397. The minimum absolute atomic E-state index is 0.0150. The van der Waals surface area contributed by atoms with Gasteiger partial charge in [-0.15, -0.1) is 0 Å². The number of benzene rings is 1. The molecule has 9 nitrogen and oxygen atoms in total. The minimum atomic E-state index is -0.714. The molecule has 9 heteroatoms. The van der Waals surface area contributed by atoms with Crippen LogP contribution in [0.1, 0.15) is 37.5 Å². The number of esters is 1. The number of hydrogen-bond donors (Lipinski definition) is 2. The molecule has 162 valence electrons. The highest BCUT2D eigenvalue weighted by Crippen LogP contribution is 2.22. The van der Waals surface area contributed by atoms with E-state index in [0.717, 1.165) is 32.4 Å². The second kappa shape index (κ2) is 11.4. The molecule has 2 heterocycles. The zero-order valence-corrected chi connectivity index (χ0v) is 16.9. The van der Waals surface area contributed by atoms with Crippen LogP contribution in [0, 0.1) is 5.41 Å². The second-order valence-electron chi connectivity index (χ2n) is 7.12. The molecule has 1 aliphatic rings. The molecule has 30 heavy (non-hydrogen) atoms. The number of carbonyl (C=O) groups is 1. The number of hydrogen-bond acceptors (Lipinski definition) is 7. The molecule has 1 aromatic carbocycles. The highest BCUT2D eigenvalue weighted by atomic mass is 16.7. The molecular weight excluding hydrogens is 388 g/mol. The number of unbranched alkanes of at least 4 members (excludes halogenated alkanes) is 2. The standard InChI is InChI=1S/C21H28N4O5/c22-17-10-12-25(21(27)24-17)18-14-29-20(30-18)15-28-19(26)9-5-2-6-11-23-13-16-7-3-1-4-8-16/h1,3-4,7-8,10,12,18,20,23H,2,5-6,9,11,13-15H2,(H2,22,24,27)/t18-,20-/m0/s1. The van der Waals surface area contributed by atoms with Gasteiger partial charge in [-0.3, -0.25) is 10.2 Å². The molecule has 1 aliphatic heterocycles. The lowest BCUT2D eigenvalue weighted by Gasteiger charge is -2.20. The molecule has 2 aromatic rings. The Labute approximate surface area is 175 Å². The smallest absolute Gasteiger partial charge is 0.305 e. The lowest BCUT2D eigenvalue weighted by molar-refractivity contribution is -0.671. The summed E-state index contributed by atoms with van der Waals surface area (Å²) in [5, 5.41) is 21.4. The Balaban J connectivity index is 1.23. The summed E-state index contributed by atoms with van der Waals surface area (Å²) in [6.45, 7) is 2.14. The summed E-state index contributed by atoms with van der Waals surface area (Å²) >= 11 is 0. The van der Waals surface area contributed by atoms with Gasteiger partial charge in [0.15, 0.2) is 12.5 Å². The third-order valence-electron chi connectivity index (χ3n) is 4.77. The monoisotopic (exact) mass is 416 g/mol. The molecule has 2 atom stereocenters. The highest BCUT2D eigenvalue weighted by Gasteiger charge is 2.28. The topological polar surface area (TPSA) is 126 Å². The van der Waals surface area contributed by atoms with E-state index >= 15 is 0 Å². The summed E-state index contributed by atoms with van der Waals surface area (Å²) in [5.41, 5.74) is 1.21. The fourth-order valence-electron chi connectivity index (χ4n) is 3.16. The summed E-state index contributed by atoms with van der Waals surface area (Å²) in [6.07, 6.45) is 3.27. The van der Waals surface area contributed by atoms with Crippen LogP contribution in [0.4, 0.5) is 0 Å². The third kappa shape index (κ3) is 6.94. The fourth-order valence-corrected chi connectivity index (χ4v) is 3.16. The van der Waals surface area contributed by atoms with Gasteiger partial charge in [-0.1, -0.05) is 30.3 Å². The van der Waals surface area contributed by atoms with Crippen molar-refractivity contribution in [1.82, 2.24) is 9.55 Å². The fraction of sp³-hybridized carbons (Fsp3) is 0.476. The maximum absolute atomic E-state index is 11.9. The predicted molar refractivity (Wildman–Crippen MR) is 104 cm³/mol. The van der Waals surface area contributed by atoms with Crippen molar-refractivity contribution in [1.29, 1.82) is 5.41 Å². The van der Waals surface area contributed by atoms with Crippen molar-refractivity contribution in [2.75, 3.05) is 19.8 Å². The van der Waals surface area contributed by atoms with Crippen LogP contribution >= 0.6 is 0 Å². The van der Waals surface area contributed by atoms with Gasteiger partial charge in [-0.05, 0) is 25.3 Å². The van der Waals surface area contributed by atoms with Gasteiger partial charge < -0.3 is 29.2 Å². The normalized spacial score (nSPS) is 18.4. The van der Waals surface area contributed by atoms with Crippen LogP contribution in [0.25, 0.3) is 0 Å². The second-order valence-corrected chi connectivity index (χ2v) is 7.12. The molecule has 0 aliphatic carbocycles. The van der Waals surface area contributed by atoms with Crippen LogP contribution in [-0.4, -0.2) is 41.6 Å². The van der Waals surface area contributed by atoms with Crippen molar-refractivity contribution < 1.29 is 29.4 Å². The van der Waals surface area contributed by atoms with Crippen LogP contribution in [-0.2, 0) is 25.5 Å². The predicted octanol–water partition coefficient (Wildman–Crippen LogP) is 0.175. The first kappa shape index (κ1) is 21.9. The molecule has 3 N–H and O–H groups in total. The number of nitrogens with one attached hydrogen (secondary N) is 1. The first-order chi connectivity index (χ1) is 14.6. The van der Waals surface area contributed by atoms with Crippen LogP contribution < -0.4 is 15.9 Å². The number of nitrogens with zero attached hydrogens (tertiary/aromatic N) is 2. The van der Waals surface area contributed by atoms with Gasteiger partial charge >= 0.3 is 5.97 Å². The number of nitrogens with two attached hydrogens (primary N) is 1. The Hall–Kier alpha value is -2.75. The van der Waals surface area contributed by atoms with Gasteiger partial charge in [-0.25, -0.2) is 4.98 Å².